The van der Waals surface area contributed by atoms with Gasteiger partial charge in [0, 0.05) is 17.0 Å². The summed E-state index contributed by atoms with van der Waals surface area (Å²) in [7, 11) is 0. The normalized spacial score (nSPS) is 11.0. The number of halogens is 1. The van der Waals surface area contributed by atoms with Crippen LogP contribution in [0.2, 0.25) is 5.02 Å². The van der Waals surface area contributed by atoms with Gasteiger partial charge in [-0.25, -0.2) is 9.59 Å². The molecule has 0 aliphatic heterocycles. The summed E-state index contributed by atoms with van der Waals surface area (Å²) in [6.45, 7) is 4.56. The highest BCUT2D eigenvalue weighted by atomic mass is 35.5. The summed E-state index contributed by atoms with van der Waals surface area (Å²) in [5, 5.41) is 14.3. The third kappa shape index (κ3) is 4.94. The Hall–Kier alpha value is -1.40. The Morgan fingerprint density at radius 3 is 2.55 bits per heavy atom. The molecule has 0 atom stereocenters. The van der Waals surface area contributed by atoms with Gasteiger partial charge in [-0.3, -0.25) is 0 Å². The summed E-state index contributed by atoms with van der Waals surface area (Å²) in [6, 6.07) is 3.90. The van der Waals surface area contributed by atoms with E-state index in [9.17, 15) is 9.59 Å². The number of carboxylic acids is 1. The highest BCUT2D eigenvalue weighted by Gasteiger charge is 2.17. The van der Waals surface area contributed by atoms with Crippen molar-refractivity contribution in [3.8, 4) is 0 Å². The standard InChI is InChI=1S/C13H17ClN2O3S/c1-13(2,20-3)7-15-12(19)16-8-4-5-9(11(17)18)10(14)6-8/h4-6H,7H2,1-3H3,(H,17,18)(H2,15,16,19). The lowest BCUT2D eigenvalue weighted by Gasteiger charge is -2.22. The second-order valence-corrected chi connectivity index (χ2v) is 6.69. The molecular weight excluding hydrogens is 300 g/mol. The molecular formula is C13H17ClN2O3S. The van der Waals surface area contributed by atoms with Crippen LogP contribution < -0.4 is 10.6 Å². The number of nitrogens with one attached hydrogen (secondary N) is 2. The Kier molecular flexibility index (Phi) is 5.71. The predicted molar refractivity (Wildman–Crippen MR) is 83.0 cm³/mol. The highest BCUT2D eigenvalue weighted by molar-refractivity contribution is 7.99. The number of hydrogen-bond acceptors (Lipinski definition) is 3. The quantitative estimate of drug-likeness (QED) is 0.778. The number of carboxylic acid groups (broad SMARTS) is 1. The molecule has 20 heavy (non-hydrogen) atoms. The fourth-order valence-electron chi connectivity index (χ4n) is 1.31. The molecule has 2 amide bonds. The van der Waals surface area contributed by atoms with Crippen LogP contribution in [0.4, 0.5) is 10.5 Å². The van der Waals surface area contributed by atoms with E-state index in [4.69, 9.17) is 16.7 Å². The number of anilines is 1. The molecule has 0 aliphatic rings. The van der Waals surface area contributed by atoms with Crippen LogP contribution in [0.25, 0.3) is 0 Å². The topological polar surface area (TPSA) is 78.4 Å². The van der Waals surface area contributed by atoms with Crippen molar-refractivity contribution in [1.29, 1.82) is 0 Å². The third-order valence-electron chi connectivity index (χ3n) is 2.68. The van der Waals surface area contributed by atoms with Gasteiger partial charge in [0.1, 0.15) is 0 Å². The van der Waals surface area contributed by atoms with Crippen molar-refractivity contribution in [2.75, 3.05) is 18.1 Å². The average molecular weight is 317 g/mol. The van der Waals surface area contributed by atoms with Crippen LogP contribution in [0.3, 0.4) is 0 Å². The first-order chi connectivity index (χ1) is 9.25. The summed E-state index contributed by atoms with van der Waals surface area (Å²) in [6.07, 6.45) is 1.98. The molecule has 0 unspecified atom stereocenters. The highest BCUT2D eigenvalue weighted by Crippen LogP contribution is 2.21. The zero-order valence-electron chi connectivity index (χ0n) is 11.5. The summed E-state index contributed by atoms with van der Waals surface area (Å²) in [5.41, 5.74) is 0.445. The van der Waals surface area contributed by atoms with E-state index in [0.29, 0.717) is 12.2 Å². The van der Waals surface area contributed by atoms with Crippen LogP contribution in [0.1, 0.15) is 24.2 Å². The molecule has 0 heterocycles. The van der Waals surface area contributed by atoms with Crippen LogP contribution in [0.15, 0.2) is 18.2 Å². The van der Waals surface area contributed by atoms with Crippen LogP contribution in [0, 0.1) is 0 Å². The molecule has 0 saturated heterocycles. The number of carbonyl (C=O) groups excluding carboxylic acids is 1. The molecule has 7 heteroatoms. The van der Waals surface area contributed by atoms with Crippen LogP contribution >= 0.6 is 23.4 Å². The first-order valence-electron chi connectivity index (χ1n) is 5.88. The van der Waals surface area contributed by atoms with E-state index in [2.05, 4.69) is 10.6 Å². The van der Waals surface area contributed by atoms with Gasteiger partial charge in [-0.1, -0.05) is 11.6 Å². The Bertz CT molecular complexity index is 520. The van der Waals surface area contributed by atoms with E-state index in [1.165, 1.54) is 18.2 Å². The maximum Gasteiger partial charge on any atom is 0.337 e. The minimum atomic E-state index is -1.10. The Balaban J connectivity index is 2.63. The number of benzene rings is 1. The maximum atomic E-state index is 11.7. The largest absolute Gasteiger partial charge is 0.478 e. The number of hydrogen-bond donors (Lipinski definition) is 3. The van der Waals surface area contributed by atoms with Crippen molar-refractivity contribution in [2.24, 2.45) is 0 Å². The first kappa shape index (κ1) is 16.7. The number of amides is 2. The molecule has 0 aromatic heterocycles. The number of thioether (sulfide) groups is 1. The molecule has 5 nitrogen and oxygen atoms in total. The molecule has 0 bridgehead atoms. The van der Waals surface area contributed by atoms with E-state index in [0.717, 1.165) is 0 Å². The van der Waals surface area contributed by atoms with E-state index in [1.54, 1.807) is 11.8 Å². The first-order valence-corrected chi connectivity index (χ1v) is 7.48. The molecule has 1 rings (SSSR count). The molecule has 1 aromatic carbocycles. The zero-order chi connectivity index (χ0) is 15.3. The predicted octanol–water partition coefficient (Wildman–Crippen LogP) is 3.30. The van der Waals surface area contributed by atoms with Gasteiger partial charge in [0.25, 0.3) is 0 Å². The van der Waals surface area contributed by atoms with Gasteiger partial charge in [0.05, 0.1) is 10.6 Å². The van der Waals surface area contributed by atoms with E-state index < -0.39 is 5.97 Å². The summed E-state index contributed by atoms with van der Waals surface area (Å²) < 4.78 is -0.0534. The number of carbonyl (C=O) groups is 2. The number of aromatic carboxylic acids is 1. The molecule has 0 fully saturated rings. The van der Waals surface area contributed by atoms with Crippen LogP contribution in [-0.2, 0) is 0 Å². The molecule has 0 aliphatic carbocycles. The lowest BCUT2D eigenvalue weighted by atomic mass is 10.2. The average Bonchev–Trinajstić information content (AvgIpc) is 2.36. The minimum absolute atomic E-state index is 0.00106. The third-order valence-corrected chi connectivity index (χ3v) is 4.25. The van der Waals surface area contributed by atoms with Crippen LogP contribution in [-0.4, -0.2) is 34.7 Å². The fraction of sp³-hybridized carbons (Fsp3) is 0.385. The van der Waals surface area contributed by atoms with E-state index in [-0.39, 0.29) is 21.4 Å². The lowest BCUT2D eigenvalue weighted by Crippen LogP contribution is -2.38. The van der Waals surface area contributed by atoms with Gasteiger partial charge in [0.2, 0.25) is 0 Å². The van der Waals surface area contributed by atoms with Gasteiger partial charge in [0.15, 0.2) is 0 Å². The van der Waals surface area contributed by atoms with Gasteiger partial charge >= 0.3 is 12.0 Å². The maximum absolute atomic E-state index is 11.7. The smallest absolute Gasteiger partial charge is 0.337 e. The van der Waals surface area contributed by atoms with Gasteiger partial charge in [-0.2, -0.15) is 11.8 Å². The zero-order valence-corrected chi connectivity index (χ0v) is 13.1. The van der Waals surface area contributed by atoms with Crippen molar-refractivity contribution in [1.82, 2.24) is 5.32 Å². The van der Waals surface area contributed by atoms with Crippen LogP contribution in [0.5, 0.6) is 0 Å². The number of rotatable bonds is 5. The van der Waals surface area contributed by atoms with Crippen molar-refractivity contribution >= 4 is 41.1 Å². The second-order valence-electron chi connectivity index (χ2n) is 4.77. The van der Waals surface area contributed by atoms with Crippen molar-refractivity contribution in [3.05, 3.63) is 28.8 Å². The van der Waals surface area contributed by atoms with Gasteiger partial charge in [-0.15, -0.1) is 0 Å². The molecule has 0 radical (unpaired) electrons. The van der Waals surface area contributed by atoms with Crippen molar-refractivity contribution in [3.63, 3.8) is 0 Å². The SMILES string of the molecule is CSC(C)(C)CNC(=O)Nc1ccc(C(=O)O)c(Cl)c1. The molecule has 0 saturated carbocycles. The molecule has 0 spiro atoms. The molecule has 110 valence electrons. The van der Waals surface area contributed by atoms with Gasteiger partial charge < -0.3 is 15.7 Å². The molecule has 3 N–H and O–H groups in total. The number of urea groups is 1. The Morgan fingerprint density at radius 1 is 1.40 bits per heavy atom. The summed E-state index contributed by atoms with van der Waals surface area (Å²) >= 11 is 7.48. The lowest BCUT2D eigenvalue weighted by molar-refractivity contribution is 0.0697. The summed E-state index contributed by atoms with van der Waals surface area (Å²) in [4.78, 5) is 22.5. The second kappa shape index (κ2) is 6.85. The Labute approximate surface area is 127 Å². The summed E-state index contributed by atoms with van der Waals surface area (Å²) in [5.74, 6) is -1.10. The van der Waals surface area contributed by atoms with E-state index in [1.807, 2.05) is 20.1 Å². The fourth-order valence-corrected chi connectivity index (χ4v) is 1.78. The van der Waals surface area contributed by atoms with Crippen molar-refractivity contribution in [2.45, 2.75) is 18.6 Å². The van der Waals surface area contributed by atoms with E-state index >= 15 is 0 Å². The minimum Gasteiger partial charge on any atom is -0.478 e. The monoisotopic (exact) mass is 316 g/mol. The Morgan fingerprint density at radius 2 is 2.05 bits per heavy atom. The van der Waals surface area contributed by atoms with Crippen molar-refractivity contribution < 1.29 is 14.7 Å². The molecule has 1 aromatic rings. The van der Waals surface area contributed by atoms with Gasteiger partial charge in [-0.05, 0) is 38.3 Å².